The Kier molecular flexibility index (Phi) is 10.5. The lowest BCUT2D eigenvalue weighted by atomic mass is 10.2. The number of nitrogens with zero attached hydrogens (tertiary/aromatic N) is 3. The van der Waals surface area contributed by atoms with E-state index in [2.05, 4.69) is 9.87 Å². The molecule has 0 atom stereocenters. The quantitative estimate of drug-likeness (QED) is 0.135. The Morgan fingerprint density at radius 2 is 1.80 bits per heavy atom. The zero-order chi connectivity index (χ0) is 30.5. The molecule has 0 spiro atoms. The molecule has 0 aliphatic heterocycles. The first-order valence-corrected chi connectivity index (χ1v) is 12.6. The highest BCUT2D eigenvalue weighted by Crippen LogP contribution is 2.42. The summed E-state index contributed by atoms with van der Waals surface area (Å²) in [5, 5.41) is -0.280. The number of halogens is 6. The molecule has 0 aliphatic rings. The summed E-state index contributed by atoms with van der Waals surface area (Å²) in [5.74, 6) is -3.28. The highest BCUT2D eigenvalue weighted by Gasteiger charge is 2.35. The number of hydrogen-bond acceptors (Lipinski definition) is 9. The second-order valence-electron chi connectivity index (χ2n) is 8.11. The van der Waals surface area contributed by atoms with Gasteiger partial charge in [0.2, 0.25) is 0 Å². The largest absolute Gasteiger partial charge is 0.431 e. The van der Waals surface area contributed by atoms with E-state index in [9.17, 15) is 36.3 Å². The molecule has 0 N–H and O–H groups in total. The second kappa shape index (κ2) is 13.5. The van der Waals surface area contributed by atoms with Crippen molar-refractivity contribution in [3.8, 4) is 11.6 Å². The Bertz CT molecular complexity index is 1560. The van der Waals surface area contributed by atoms with Gasteiger partial charge in [0.25, 0.3) is 11.4 Å². The molecule has 41 heavy (non-hydrogen) atoms. The fraction of sp³-hybridized carbons (Fsp3) is 0.333. The summed E-state index contributed by atoms with van der Waals surface area (Å²) in [6.07, 6.45) is -4.28. The van der Waals surface area contributed by atoms with E-state index in [1.807, 2.05) is 0 Å². The number of benzene rings is 1. The van der Waals surface area contributed by atoms with Crippen LogP contribution >= 0.6 is 23.4 Å². The van der Waals surface area contributed by atoms with E-state index in [-0.39, 0.29) is 67.7 Å². The van der Waals surface area contributed by atoms with Crippen LogP contribution in [0.3, 0.4) is 0 Å². The van der Waals surface area contributed by atoms with Crippen molar-refractivity contribution in [2.45, 2.75) is 29.3 Å². The number of ether oxygens (including phenoxy) is 2. The summed E-state index contributed by atoms with van der Waals surface area (Å²) in [4.78, 5) is 49.7. The number of carbonyl (C=O) groups excluding carboxylic acids is 1. The number of methoxy groups -OCH3 is 1. The van der Waals surface area contributed by atoms with Crippen molar-refractivity contribution in [2.24, 2.45) is 7.05 Å². The van der Waals surface area contributed by atoms with Crippen LogP contribution < -0.4 is 16.1 Å². The molecule has 0 fully saturated rings. The van der Waals surface area contributed by atoms with Crippen molar-refractivity contribution in [2.75, 3.05) is 26.9 Å². The van der Waals surface area contributed by atoms with E-state index in [1.165, 1.54) is 7.11 Å². The first kappa shape index (κ1) is 32.0. The molecule has 2 aromatic heterocycles. The van der Waals surface area contributed by atoms with Crippen LogP contribution in [0.1, 0.15) is 18.2 Å². The Labute approximate surface area is 237 Å². The third kappa shape index (κ3) is 7.63. The van der Waals surface area contributed by atoms with Gasteiger partial charge in [0.1, 0.15) is 17.3 Å². The van der Waals surface area contributed by atoms with Crippen molar-refractivity contribution in [3.63, 3.8) is 0 Å². The summed E-state index contributed by atoms with van der Waals surface area (Å²) in [6, 6.07) is 1.78. The normalized spacial score (nSPS) is 11.5. The van der Waals surface area contributed by atoms with E-state index in [1.54, 1.807) is 0 Å². The highest BCUT2D eigenvalue weighted by atomic mass is 35.5. The molecule has 0 bridgehead atoms. The Morgan fingerprint density at radius 1 is 1.10 bits per heavy atom. The third-order valence-electron chi connectivity index (χ3n) is 5.28. The molecular weight excluding hydrogens is 605 g/mol. The summed E-state index contributed by atoms with van der Waals surface area (Å²) in [5.41, 5.74) is -5.25. The number of pyridine rings is 1. The van der Waals surface area contributed by atoms with Gasteiger partial charge in [0.05, 0.1) is 41.6 Å². The van der Waals surface area contributed by atoms with Crippen LogP contribution in [0.4, 0.5) is 22.0 Å². The predicted molar refractivity (Wildman–Crippen MR) is 134 cm³/mol. The van der Waals surface area contributed by atoms with Gasteiger partial charge in [-0.2, -0.15) is 13.2 Å². The van der Waals surface area contributed by atoms with Gasteiger partial charge in [0, 0.05) is 44.0 Å². The van der Waals surface area contributed by atoms with Crippen molar-refractivity contribution in [1.29, 1.82) is 0 Å². The molecule has 0 saturated carbocycles. The van der Waals surface area contributed by atoms with Crippen molar-refractivity contribution in [3.05, 3.63) is 73.1 Å². The van der Waals surface area contributed by atoms with E-state index < -0.39 is 46.4 Å². The lowest BCUT2D eigenvalue weighted by Crippen LogP contribution is -2.41. The van der Waals surface area contributed by atoms with Crippen molar-refractivity contribution < 1.29 is 46.0 Å². The fourth-order valence-electron chi connectivity index (χ4n) is 3.40. The lowest BCUT2D eigenvalue weighted by Gasteiger charge is -2.17. The standard InChI is InChI=1S/C24H21ClF5N3O7S/c1-12(34)39-40-22-21(13(16(27)11-31-22)4-5-38-7-6-37-3)41-18-9-17(15(26)8-14(18)25)33-20(35)10-19(24(28,29)30)32(2)23(33)36/h8-11H,4-7H2,1-3H3. The topological polar surface area (TPSA) is 111 Å². The summed E-state index contributed by atoms with van der Waals surface area (Å²) >= 11 is 6.85. The van der Waals surface area contributed by atoms with Crippen LogP contribution in [0.25, 0.3) is 5.69 Å². The average Bonchev–Trinajstić information content (AvgIpc) is 2.88. The van der Waals surface area contributed by atoms with Crippen LogP contribution in [-0.4, -0.2) is 47.0 Å². The van der Waals surface area contributed by atoms with Gasteiger partial charge in [-0.05, 0) is 12.1 Å². The van der Waals surface area contributed by atoms with Gasteiger partial charge in [-0.1, -0.05) is 23.4 Å². The maximum absolute atomic E-state index is 15.0. The summed E-state index contributed by atoms with van der Waals surface area (Å²) in [6.45, 7) is 1.51. The van der Waals surface area contributed by atoms with Crippen LogP contribution in [0.15, 0.2) is 43.8 Å². The lowest BCUT2D eigenvalue weighted by molar-refractivity contribution is -0.213. The molecule has 0 saturated heterocycles. The highest BCUT2D eigenvalue weighted by molar-refractivity contribution is 7.99. The van der Waals surface area contributed by atoms with Gasteiger partial charge in [-0.3, -0.25) is 14.2 Å². The summed E-state index contributed by atoms with van der Waals surface area (Å²) < 4.78 is 80.2. The fourth-order valence-corrected chi connectivity index (χ4v) is 4.71. The maximum Gasteiger partial charge on any atom is 0.431 e. The minimum absolute atomic E-state index is 0.00421. The molecule has 222 valence electrons. The molecule has 0 amide bonds. The summed E-state index contributed by atoms with van der Waals surface area (Å²) in [7, 11) is 2.23. The molecule has 0 radical (unpaired) electrons. The Morgan fingerprint density at radius 3 is 2.44 bits per heavy atom. The Balaban J connectivity index is 2.14. The Hall–Kier alpha value is -3.47. The number of rotatable bonds is 11. The second-order valence-corrected chi connectivity index (χ2v) is 9.57. The molecule has 2 heterocycles. The van der Waals surface area contributed by atoms with Gasteiger partial charge >= 0.3 is 17.8 Å². The van der Waals surface area contributed by atoms with Crippen LogP contribution in [0, 0.1) is 11.6 Å². The van der Waals surface area contributed by atoms with Gasteiger partial charge < -0.3 is 9.47 Å². The number of carbonyl (C=O) groups is 1. The molecule has 0 aliphatic carbocycles. The van der Waals surface area contributed by atoms with Crippen LogP contribution in [-0.2, 0) is 38.8 Å². The number of alkyl halides is 3. The van der Waals surface area contributed by atoms with Crippen molar-refractivity contribution in [1.82, 2.24) is 14.1 Å². The minimum atomic E-state index is -5.03. The molecular formula is C24H21ClF5N3O7S. The molecule has 1 aromatic carbocycles. The zero-order valence-electron chi connectivity index (χ0n) is 21.5. The minimum Gasteiger partial charge on any atom is -0.382 e. The maximum atomic E-state index is 15.0. The molecule has 0 unspecified atom stereocenters. The van der Waals surface area contributed by atoms with E-state index in [0.717, 1.165) is 32.3 Å². The SMILES string of the molecule is COCCOCCc1c(F)cnc(OOC(C)=O)c1Sc1cc(-n2c(=O)cc(C(F)(F)F)n(C)c2=O)c(F)cc1Cl. The van der Waals surface area contributed by atoms with Crippen LogP contribution in [0.2, 0.25) is 5.02 Å². The van der Waals surface area contributed by atoms with E-state index in [4.69, 9.17) is 26.0 Å². The zero-order valence-corrected chi connectivity index (χ0v) is 23.1. The van der Waals surface area contributed by atoms with E-state index in [0.29, 0.717) is 11.8 Å². The number of aromatic nitrogens is 3. The van der Waals surface area contributed by atoms with Crippen LogP contribution in [0.5, 0.6) is 5.88 Å². The molecule has 3 aromatic rings. The molecule has 17 heteroatoms. The predicted octanol–water partition coefficient (Wildman–Crippen LogP) is 4.10. The smallest absolute Gasteiger partial charge is 0.382 e. The molecule has 10 nitrogen and oxygen atoms in total. The third-order valence-corrected chi connectivity index (χ3v) is 6.89. The average molecular weight is 626 g/mol. The monoisotopic (exact) mass is 625 g/mol. The van der Waals surface area contributed by atoms with Gasteiger partial charge in [-0.25, -0.2) is 32.8 Å². The first-order valence-electron chi connectivity index (χ1n) is 11.4. The molecule has 3 rings (SSSR count). The first-order chi connectivity index (χ1) is 19.3. The van der Waals surface area contributed by atoms with Crippen molar-refractivity contribution >= 4 is 29.3 Å². The van der Waals surface area contributed by atoms with Gasteiger partial charge in [-0.15, -0.1) is 0 Å². The van der Waals surface area contributed by atoms with Gasteiger partial charge in [0.15, 0.2) is 0 Å². The van der Waals surface area contributed by atoms with E-state index >= 15 is 0 Å². The number of hydrogen-bond donors (Lipinski definition) is 0.